The van der Waals surface area contributed by atoms with Gasteiger partial charge in [-0.05, 0) is 60.7 Å². The Morgan fingerprint density at radius 1 is 1.07 bits per heavy atom. The van der Waals surface area contributed by atoms with Crippen LogP contribution in [0.5, 0.6) is 0 Å². The van der Waals surface area contributed by atoms with Crippen LogP contribution < -0.4 is 0 Å². The summed E-state index contributed by atoms with van der Waals surface area (Å²) >= 11 is 0. The van der Waals surface area contributed by atoms with E-state index in [1.807, 2.05) is 16.6 Å². The van der Waals surface area contributed by atoms with E-state index in [4.69, 9.17) is 9.84 Å². The van der Waals surface area contributed by atoms with Crippen LogP contribution >= 0.6 is 0 Å². The zero-order valence-corrected chi connectivity index (χ0v) is 16.4. The molecule has 0 unspecified atom stereocenters. The van der Waals surface area contributed by atoms with Gasteiger partial charge in [-0.1, -0.05) is 27.7 Å². The SMILES string of the molecule is CCOC(=O)c1c(-c2ccc(F)cc2)nn2c(C(C)C)ccc2c1C(C)C. The van der Waals surface area contributed by atoms with Gasteiger partial charge in [-0.25, -0.2) is 13.7 Å². The van der Waals surface area contributed by atoms with Crippen molar-refractivity contribution in [2.75, 3.05) is 6.61 Å². The van der Waals surface area contributed by atoms with E-state index in [0.717, 1.165) is 16.8 Å². The summed E-state index contributed by atoms with van der Waals surface area (Å²) in [5.74, 6) is -0.369. The summed E-state index contributed by atoms with van der Waals surface area (Å²) in [6.07, 6.45) is 0. The van der Waals surface area contributed by atoms with Crippen LogP contribution in [-0.4, -0.2) is 22.2 Å². The van der Waals surface area contributed by atoms with Crippen molar-refractivity contribution in [1.82, 2.24) is 9.61 Å². The second kappa shape index (κ2) is 7.51. The molecule has 0 saturated heterocycles. The average Bonchev–Trinajstić information content (AvgIpc) is 3.04. The van der Waals surface area contributed by atoms with Gasteiger partial charge >= 0.3 is 5.97 Å². The van der Waals surface area contributed by atoms with Crippen LogP contribution in [0.2, 0.25) is 0 Å². The van der Waals surface area contributed by atoms with Gasteiger partial charge in [0.25, 0.3) is 0 Å². The third-order valence-corrected chi connectivity index (χ3v) is 4.63. The van der Waals surface area contributed by atoms with Gasteiger partial charge in [0.2, 0.25) is 0 Å². The molecule has 0 spiro atoms. The Labute approximate surface area is 159 Å². The number of carbonyl (C=O) groups is 1. The molecule has 142 valence electrons. The Morgan fingerprint density at radius 3 is 2.30 bits per heavy atom. The summed E-state index contributed by atoms with van der Waals surface area (Å²) in [4.78, 5) is 12.9. The summed E-state index contributed by atoms with van der Waals surface area (Å²) < 4.78 is 20.7. The van der Waals surface area contributed by atoms with Crippen molar-refractivity contribution in [2.24, 2.45) is 0 Å². The molecule has 0 saturated carbocycles. The van der Waals surface area contributed by atoms with Crippen LogP contribution in [0.25, 0.3) is 16.8 Å². The first-order chi connectivity index (χ1) is 12.8. The molecule has 1 aromatic carbocycles. The van der Waals surface area contributed by atoms with E-state index in [0.29, 0.717) is 16.8 Å². The number of aromatic nitrogens is 2. The fourth-order valence-electron chi connectivity index (χ4n) is 3.41. The number of hydrogen-bond donors (Lipinski definition) is 0. The predicted octanol–water partition coefficient (Wildman–Crippen LogP) is 5.56. The molecule has 0 atom stereocenters. The highest BCUT2D eigenvalue weighted by Gasteiger charge is 2.26. The monoisotopic (exact) mass is 368 g/mol. The Bertz CT molecular complexity index is 972. The Morgan fingerprint density at radius 2 is 1.74 bits per heavy atom. The standard InChI is InChI=1S/C22H25FN2O2/c1-6-27-22(26)20-19(14(4)5)18-12-11-17(13(2)3)25(18)24-21(20)15-7-9-16(23)10-8-15/h7-14H,6H2,1-5H3. The highest BCUT2D eigenvalue weighted by molar-refractivity contribution is 5.99. The maximum atomic E-state index is 13.4. The van der Waals surface area contributed by atoms with E-state index >= 15 is 0 Å². The quantitative estimate of drug-likeness (QED) is 0.554. The lowest BCUT2D eigenvalue weighted by atomic mass is 9.93. The molecule has 4 nitrogen and oxygen atoms in total. The molecule has 0 aliphatic rings. The van der Waals surface area contributed by atoms with E-state index in [-0.39, 0.29) is 24.3 Å². The van der Waals surface area contributed by atoms with Crippen LogP contribution in [0.1, 0.15) is 68.1 Å². The van der Waals surface area contributed by atoms with E-state index in [9.17, 15) is 9.18 Å². The maximum Gasteiger partial charge on any atom is 0.340 e. The van der Waals surface area contributed by atoms with Gasteiger partial charge in [-0.15, -0.1) is 0 Å². The molecule has 0 N–H and O–H groups in total. The Balaban J connectivity index is 2.42. The fourth-order valence-corrected chi connectivity index (χ4v) is 3.41. The first-order valence-corrected chi connectivity index (χ1v) is 9.33. The number of ether oxygens (including phenoxy) is 1. The number of hydrogen-bond acceptors (Lipinski definition) is 3. The van der Waals surface area contributed by atoms with Crippen molar-refractivity contribution >= 4 is 11.5 Å². The number of nitrogens with zero attached hydrogens (tertiary/aromatic N) is 2. The van der Waals surface area contributed by atoms with Crippen LogP contribution in [0, 0.1) is 5.82 Å². The number of rotatable bonds is 5. The summed E-state index contributed by atoms with van der Waals surface area (Å²) in [7, 11) is 0. The molecular weight excluding hydrogens is 343 g/mol. The second-order valence-corrected chi connectivity index (χ2v) is 7.23. The summed E-state index contributed by atoms with van der Waals surface area (Å²) in [5, 5.41) is 4.80. The first-order valence-electron chi connectivity index (χ1n) is 9.33. The average molecular weight is 368 g/mol. The molecule has 2 heterocycles. The Kier molecular flexibility index (Phi) is 5.31. The van der Waals surface area contributed by atoms with Crippen LogP contribution in [0.3, 0.4) is 0 Å². The third kappa shape index (κ3) is 3.46. The fraction of sp³-hybridized carbons (Fsp3) is 0.364. The molecule has 3 aromatic rings. The second-order valence-electron chi connectivity index (χ2n) is 7.23. The van der Waals surface area contributed by atoms with Crippen molar-refractivity contribution in [3.63, 3.8) is 0 Å². The largest absolute Gasteiger partial charge is 0.462 e. The van der Waals surface area contributed by atoms with Gasteiger partial charge < -0.3 is 4.74 Å². The molecule has 0 aliphatic heterocycles. The van der Waals surface area contributed by atoms with Gasteiger partial charge in [0.05, 0.1) is 17.7 Å². The van der Waals surface area contributed by atoms with Crippen molar-refractivity contribution < 1.29 is 13.9 Å². The lowest BCUT2D eigenvalue weighted by Gasteiger charge is -2.19. The molecule has 0 radical (unpaired) electrons. The smallest absolute Gasteiger partial charge is 0.340 e. The van der Waals surface area contributed by atoms with Crippen LogP contribution in [0.4, 0.5) is 4.39 Å². The van der Waals surface area contributed by atoms with Crippen molar-refractivity contribution in [3.05, 3.63) is 59.0 Å². The lowest BCUT2D eigenvalue weighted by molar-refractivity contribution is 0.0525. The van der Waals surface area contributed by atoms with Gasteiger partial charge in [-0.2, -0.15) is 5.10 Å². The van der Waals surface area contributed by atoms with Crippen molar-refractivity contribution in [3.8, 4) is 11.3 Å². The number of carbonyl (C=O) groups excluding carboxylic acids is 1. The maximum absolute atomic E-state index is 13.4. The molecular formula is C22H25FN2O2. The number of benzene rings is 1. The van der Waals surface area contributed by atoms with E-state index in [1.165, 1.54) is 12.1 Å². The van der Waals surface area contributed by atoms with Gasteiger partial charge in [-0.3, -0.25) is 0 Å². The van der Waals surface area contributed by atoms with E-state index < -0.39 is 5.97 Å². The molecule has 27 heavy (non-hydrogen) atoms. The van der Waals surface area contributed by atoms with Gasteiger partial charge in [0, 0.05) is 11.3 Å². The lowest BCUT2D eigenvalue weighted by Crippen LogP contribution is -2.16. The highest BCUT2D eigenvalue weighted by Crippen LogP contribution is 2.34. The zero-order valence-electron chi connectivity index (χ0n) is 16.4. The molecule has 3 rings (SSSR count). The molecule has 0 fully saturated rings. The third-order valence-electron chi connectivity index (χ3n) is 4.63. The van der Waals surface area contributed by atoms with Crippen molar-refractivity contribution in [2.45, 2.75) is 46.5 Å². The minimum atomic E-state index is -0.400. The van der Waals surface area contributed by atoms with E-state index in [2.05, 4.69) is 27.7 Å². The van der Waals surface area contributed by atoms with Crippen LogP contribution in [-0.2, 0) is 4.74 Å². The Hall–Kier alpha value is -2.69. The van der Waals surface area contributed by atoms with Gasteiger partial charge in [0.15, 0.2) is 0 Å². The van der Waals surface area contributed by atoms with E-state index in [1.54, 1.807) is 19.1 Å². The summed E-state index contributed by atoms with van der Waals surface area (Å²) in [5.41, 5.74) is 4.52. The minimum absolute atomic E-state index is 0.0871. The molecule has 2 aromatic heterocycles. The zero-order chi connectivity index (χ0) is 19.7. The number of fused-ring (bicyclic) bond motifs is 1. The number of esters is 1. The molecule has 0 amide bonds. The first kappa shape index (κ1) is 19.1. The topological polar surface area (TPSA) is 43.6 Å². The number of halogens is 1. The minimum Gasteiger partial charge on any atom is -0.462 e. The van der Waals surface area contributed by atoms with Gasteiger partial charge in [0.1, 0.15) is 11.5 Å². The molecule has 0 aliphatic carbocycles. The molecule has 0 bridgehead atoms. The highest BCUT2D eigenvalue weighted by atomic mass is 19.1. The summed E-state index contributed by atoms with van der Waals surface area (Å²) in [6.45, 7) is 10.4. The van der Waals surface area contributed by atoms with Crippen LogP contribution in [0.15, 0.2) is 36.4 Å². The summed E-state index contributed by atoms with van der Waals surface area (Å²) in [6, 6.07) is 10.1. The molecule has 5 heteroatoms. The normalized spacial score (nSPS) is 11.6. The predicted molar refractivity (Wildman–Crippen MR) is 105 cm³/mol. The van der Waals surface area contributed by atoms with Crippen molar-refractivity contribution in [1.29, 1.82) is 0 Å².